The number of nitrogens with one attached hydrogen (secondary N) is 1. The highest BCUT2D eigenvalue weighted by atomic mass is 127. The second-order valence-electron chi connectivity index (χ2n) is 12.6. The summed E-state index contributed by atoms with van der Waals surface area (Å²) < 4.78 is 18.8. The molecule has 0 saturated heterocycles. The van der Waals surface area contributed by atoms with Crippen LogP contribution in [0.3, 0.4) is 0 Å². The zero-order valence-electron chi connectivity index (χ0n) is 27.4. The van der Waals surface area contributed by atoms with Crippen LogP contribution in [-0.2, 0) is 16.1 Å². The third kappa shape index (κ3) is 7.86. The third-order valence-electron chi connectivity index (χ3n) is 8.12. The number of ether oxygens (including phenoxy) is 3. The number of carbonyl (C=O) groups excluding carboxylic acids is 2. The molecule has 49 heavy (non-hydrogen) atoms. The first-order chi connectivity index (χ1) is 23.6. The van der Waals surface area contributed by atoms with E-state index in [0.29, 0.717) is 23.7 Å². The van der Waals surface area contributed by atoms with Crippen molar-refractivity contribution in [3.05, 3.63) is 135 Å². The van der Waals surface area contributed by atoms with Gasteiger partial charge in [0.1, 0.15) is 24.6 Å². The minimum atomic E-state index is -0.700. The summed E-state index contributed by atoms with van der Waals surface area (Å²) in [7, 11) is 0. The maximum Gasteiger partial charge on any atom is 0.415 e. The first kappa shape index (κ1) is 34.3. The molecule has 7 nitrogen and oxygen atoms in total. The average Bonchev–Trinajstić information content (AvgIpc) is 3.41. The van der Waals surface area contributed by atoms with Crippen molar-refractivity contribution in [2.24, 2.45) is 0 Å². The van der Waals surface area contributed by atoms with Gasteiger partial charge < -0.3 is 14.2 Å². The van der Waals surface area contributed by atoms with Gasteiger partial charge in [0.05, 0.1) is 5.69 Å². The topological polar surface area (TPSA) is 77.1 Å². The number of fused-ring (bicyclic) bond motifs is 4. The molecule has 0 spiro atoms. The van der Waals surface area contributed by atoms with Gasteiger partial charge in [0.2, 0.25) is 0 Å². The van der Waals surface area contributed by atoms with Crippen LogP contribution in [0.1, 0.15) is 43.4 Å². The van der Waals surface area contributed by atoms with Gasteiger partial charge in [-0.25, -0.2) is 9.59 Å². The number of hydrogen-bond donors (Lipinski definition) is 1. The fourth-order valence-electron chi connectivity index (χ4n) is 5.96. The van der Waals surface area contributed by atoms with Crippen molar-refractivity contribution in [1.29, 1.82) is 0 Å². The van der Waals surface area contributed by atoms with E-state index in [2.05, 4.69) is 52.2 Å². The van der Waals surface area contributed by atoms with E-state index in [9.17, 15) is 9.59 Å². The number of hydrogen-bond acceptors (Lipinski definition) is 5. The van der Waals surface area contributed by atoms with Gasteiger partial charge in [0.15, 0.2) is 0 Å². The molecular formula is C40H36ClIN2O5. The lowest BCUT2D eigenvalue weighted by Gasteiger charge is -2.28. The second-order valence-corrected chi connectivity index (χ2v) is 14.0. The molecule has 0 unspecified atom stereocenters. The van der Waals surface area contributed by atoms with Crippen molar-refractivity contribution in [2.45, 2.75) is 38.9 Å². The highest BCUT2D eigenvalue weighted by Crippen LogP contribution is 2.45. The Kier molecular flexibility index (Phi) is 10.5. The number of anilines is 2. The number of nitrogens with zero attached hydrogens (tertiary/aromatic N) is 1. The number of benzene rings is 5. The minimum absolute atomic E-state index is 0.0469. The fraction of sp³-hybridized carbons (Fsp3) is 0.200. The molecule has 1 aliphatic rings. The van der Waals surface area contributed by atoms with Crippen LogP contribution in [0, 0.1) is 3.57 Å². The van der Waals surface area contributed by atoms with Gasteiger partial charge in [-0.3, -0.25) is 10.2 Å². The highest BCUT2D eigenvalue weighted by molar-refractivity contribution is 14.1. The predicted molar refractivity (Wildman–Crippen MR) is 205 cm³/mol. The zero-order chi connectivity index (χ0) is 34.5. The van der Waals surface area contributed by atoms with Gasteiger partial charge >= 0.3 is 12.2 Å². The van der Waals surface area contributed by atoms with Crippen molar-refractivity contribution < 1.29 is 23.8 Å². The summed E-state index contributed by atoms with van der Waals surface area (Å²) in [5, 5.41) is 4.51. The third-order valence-corrected chi connectivity index (χ3v) is 9.44. The molecular weight excluding hydrogens is 751 g/mol. The van der Waals surface area contributed by atoms with Crippen molar-refractivity contribution in [3.63, 3.8) is 0 Å². The van der Waals surface area contributed by atoms with Gasteiger partial charge in [-0.2, -0.15) is 0 Å². The van der Waals surface area contributed by atoms with Gasteiger partial charge in [0, 0.05) is 44.1 Å². The Labute approximate surface area is 305 Å². The molecule has 0 bridgehead atoms. The molecule has 0 heterocycles. The van der Waals surface area contributed by atoms with E-state index in [1.165, 1.54) is 21.6 Å². The van der Waals surface area contributed by atoms with Crippen LogP contribution >= 0.6 is 34.2 Å². The second kappa shape index (κ2) is 14.9. The smallest absolute Gasteiger partial charge is 0.415 e. The molecule has 5 aromatic carbocycles. The molecule has 2 amide bonds. The Morgan fingerprint density at radius 3 is 2.18 bits per heavy atom. The highest BCUT2D eigenvalue weighted by Gasteiger charge is 2.29. The van der Waals surface area contributed by atoms with Crippen molar-refractivity contribution in [1.82, 2.24) is 0 Å². The molecule has 0 aromatic heterocycles. The summed E-state index contributed by atoms with van der Waals surface area (Å²) in [6, 6.07) is 33.7. The van der Waals surface area contributed by atoms with Crippen molar-refractivity contribution in [3.8, 4) is 16.9 Å². The summed E-state index contributed by atoms with van der Waals surface area (Å²) in [5.41, 5.74) is 7.45. The van der Waals surface area contributed by atoms with E-state index in [1.807, 2.05) is 99.6 Å². The summed E-state index contributed by atoms with van der Waals surface area (Å²) in [4.78, 5) is 28.1. The lowest BCUT2D eigenvalue weighted by Crippen LogP contribution is -2.37. The Balaban J connectivity index is 1.29. The monoisotopic (exact) mass is 786 g/mol. The normalized spacial score (nSPS) is 12.4. The summed E-state index contributed by atoms with van der Waals surface area (Å²) >= 11 is 8.12. The van der Waals surface area contributed by atoms with E-state index in [-0.39, 0.29) is 19.1 Å². The first-order valence-electron chi connectivity index (χ1n) is 15.9. The number of amides is 2. The van der Waals surface area contributed by atoms with Gasteiger partial charge in [-0.1, -0.05) is 103 Å². The fourth-order valence-corrected chi connectivity index (χ4v) is 6.95. The lowest BCUT2D eigenvalue weighted by molar-refractivity contribution is 0.0584. The van der Waals surface area contributed by atoms with E-state index in [1.54, 1.807) is 6.08 Å². The molecule has 9 heteroatoms. The molecule has 0 atom stereocenters. The van der Waals surface area contributed by atoms with Crippen molar-refractivity contribution in [2.75, 3.05) is 23.4 Å². The van der Waals surface area contributed by atoms with Gasteiger partial charge in [-0.05, 0) is 83.3 Å². The van der Waals surface area contributed by atoms with Crippen LogP contribution < -0.4 is 15.0 Å². The van der Waals surface area contributed by atoms with E-state index in [4.69, 9.17) is 25.8 Å². The number of rotatable bonds is 9. The standard InChI is InChI=1S/C40H36ClIN2O5/c1-40(2,3)49-39(46)44(21-11-20-41)35-23-36(47-24-26-12-5-4-6-13-26)33-22-27(18-19-32(33)37(35)42)43-38(45)48-25-34-30-16-9-7-14-28(30)29-15-8-10-17-31(29)34/h4-20,22-23,34H,21,24-25H2,1-3H3,(H,43,45). The SMILES string of the molecule is CC(C)(C)OC(=O)N(CC=CCl)c1cc(OCc2ccccc2)c2cc(NC(=O)OCC3c4ccccc4-c4ccccc43)ccc2c1I. The molecule has 0 aliphatic heterocycles. The molecule has 1 aliphatic carbocycles. The number of halogens is 2. The molecule has 250 valence electrons. The minimum Gasteiger partial charge on any atom is -0.488 e. The average molecular weight is 787 g/mol. The Hall–Kier alpha value is -4.54. The van der Waals surface area contributed by atoms with Crippen molar-refractivity contribution >= 4 is 68.5 Å². The van der Waals surface area contributed by atoms with Crippen LogP contribution in [0.15, 0.2) is 115 Å². The Bertz CT molecular complexity index is 1980. The summed E-state index contributed by atoms with van der Waals surface area (Å²) in [6.07, 6.45) is 0.614. The Morgan fingerprint density at radius 1 is 0.878 bits per heavy atom. The quantitative estimate of drug-likeness (QED) is 0.151. The molecule has 0 radical (unpaired) electrons. The summed E-state index contributed by atoms with van der Waals surface area (Å²) in [5.74, 6) is 0.489. The van der Waals surface area contributed by atoms with E-state index >= 15 is 0 Å². The van der Waals surface area contributed by atoms with Crippen LogP contribution in [0.5, 0.6) is 5.75 Å². The largest absolute Gasteiger partial charge is 0.488 e. The van der Waals surface area contributed by atoms with Gasteiger partial charge in [0.25, 0.3) is 0 Å². The van der Waals surface area contributed by atoms with Crippen LogP contribution in [0.25, 0.3) is 21.9 Å². The molecule has 0 fully saturated rings. The maximum absolute atomic E-state index is 13.4. The summed E-state index contributed by atoms with van der Waals surface area (Å²) in [6.45, 7) is 6.17. The molecule has 1 N–H and O–H groups in total. The van der Waals surface area contributed by atoms with Crippen LogP contribution in [0.2, 0.25) is 0 Å². The van der Waals surface area contributed by atoms with Crippen LogP contribution in [0.4, 0.5) is 21.0 Å². The first-order valence-corrected chi connectivity index (χ1v) is 17.4. The predicted octanol–water partition coefficient (Wildman–Crippen LogP) is 10.9. The molecule has 0 saturated carbocycles. The molecule has 5 aromatic rings. The zero-order valence-corrected chi connectivity index (χ0v) is 30.3. The number of carbonyl (C=O) groups is 2. The Morgan fingerprint density at radius 2 is 1.53 bits per heavy atom. The lowest BCUT2D eigenvalue weighted by atomic mass is 9.98. The molecule has 6 rings (SSSR count). The maximum atomic E-state index is 13.4. The van der Waals surface area contributed by atoms with Crippen LogP contribution in [-0.4, -0.2) is 30.9 Å². The van der Waals surface area contributed by atoms with E-state index < -0.39 is 17.8 Å². The van der Waals surface area contributed by atoms with E-state index in [0.717, 1.165) is 31.0 Å². The van der Waals surface area contributed by atoms with Gasteiger partial charge in [-0.15, -0.1) is 0 Å².